The highest BCUT2D eigenvalue weighted by Crippen LogP contribution is 2.43. The number of aliphatic imine (C=N–C) groups is 3. The van der Waals surface area contributed by atoms with E-state index in [9.17, 15) is 0 Å². The number of rotatable bonds is 8. The van der Waals surface area contributed by atoms with Gasteiger partial charge in [0.25, 0.3) is 0 Å². The van der Waals surface area contributed by atoms with Gasteiger partial charge in [0.05, 0.1) is 34.1 Å². The molecule has 4 aliphatic rings. The molecule has 40 heavy (non-hydrogen) atoms. The second-order valence-corrected chi connectivity index (χ2v) is 11.6. The van der Waals surface area contributed by atoms with E-state index in [1.54, 1.807) is 0 Å². The number of nitrogens with zero attached hydrogens (tertiary/aromatic N) is 3. The van der Waals surface area contributed by atoms with Crippen molar-refractivity contribution in [3.63, 3.8) is 0 Å². The van der Waals surface area contributed by atoms with Gasteiger partial charge in [-0.05, 0) is 115 Å². The average Bonchev–Trinajstić information content (AvgIpc) is 3.65. The number of hydrogen-bond donors (Lipinski definition) is 1. The van der Waals surface area contributed by atoms with Crippen LogP contribution in [0.5, 0.6) is 0 Å². The van der Waals surface area contributed by atoms with Crippen LogP contribution in [0.3, 0.4) is 0 Å². The second kappa shape index (κ2) is 11.1. The third-order valence-corrected chi connectivity index (χ3v) is 9.54. The summed E-state index contributed by atoms with van der Waals surface area (Å²) >= 11 is 0. The van der Waals surface area contributed by atoms with Crippen molar-refractivity contribution in [3.05, 3.63) is 73.4 Å². The molecule has 4 heteroatoms. The fraction of sp³-hybridized carbons (Fsp3) is 0.528. The molecule has 1 aromatic rings. The van der Waals surface area contributed by atoms with Crippen LogP contribution in [0, 0.1) is 0 Å². The molecule has 5 rings (SSSR count). The lowest BCUT2D eigenvalue weighted by molar-refractivity contribution is 0.535. The zero-order chi connectivity index (χ0) is 28.8. The van der Waals surface area contributed by atoms with E-state index in [-0.39, 0.29) is 5.54 Å². The molecule has 1 unspecified atom stereocenters. The Labute approximate surface area is 242 Å². The molecule has 212 valence electrons. The van der Waals surface area contributed by atoms with E-state index >= 15 is 0 Å². The minimum atomic E-state index is -0.256. The van der Waals surface area contributed by atoms with Crippen LogP contribution in [-0.4, -0.2) is 27.7 Å². The number of hydrogen-bond acceptors (Lipinski definition) is 3. The first-order chi connectivity index (χ1) is 19.3. The maximum absolute atomic E-state index is 5.54. The van der Waals surface area contributed by atoms with Crippen LogP contribution >= 0.6 is 0 Å². The summed E-state index contributed by atoms with van der Waals surface area (Å²) in [5.41, 5.74) is 19.0. The molecule has 0 fully saturated rings. The highest BCUT2D eigenvalue weighted by molar-refractivity contribution is 6.55. The Morgan fingerprint density at radius 3 is 1.62 bits per heavy atom. The molecule has 5 heterocycles. The Morgan fingerprint density at radius 1 is 0.625 bits per heavy atom. The predicted octanol–water partition coefficient (Wildman–Crippen LogP) is 9.39. The summed E-state index contributed by atoms with van der Waals surface area (Å²) in [4.78, 5) is 20.2. The Morgan fingerprint density at radius 2 is 1.15 bits per heavy atom. The van der Waals surface area contributed by atoms with Crippen molar-refractivity contribution in [3.8, 4) is 0 Å². The van der Waals surface area contributed by atoms with Gasteiger partial charge in [-0.15, -0.1) is 0 Å². The molecule has 0 aliphatic carbocycles. The lowest BCUT2D eigenvalue weighted by atomic mass is 9.83. The molecule has 1 atom stereocenters. The predicted molar refractivity (Wildman–Crippen MR) is 173 cm³/mol. The number of nitrogens with one attached hydrogen (secondary N) is 1. The van der Waals surface area contributed by atoms with Crippen LogP contribution in [0.2, 0.25) is 0 Å². The maximum Gasteiger partial charge on any atom is 0.0932 e. The van der Waals surface area contributed by atoms with Crippen LogP contribution in [0.25, 0.3) is 6.08 Å². The monoisotopic (exact) mass is 536 g/mol. The first-order valence-corrected chi connectivity index (χ1v) is 15.9. The van der Waals surface area contributed by atoms with Gasteiger partial charge in [-0.3, -0.25) is 4.99 Å². The molecule has 0 radical (unpaired) electrons. The van der Waals surface area contributed by atoms with Crippen LogP contribution in [-0.2, 0) is 19.3 Å². The largest absolute Gasteiger partial charge is 0.358 e. The number of aromatic amines is 1. The summed E-state index contributed by atoms with van der Waals surface area (Å²) in [5, 5.41) is 0. The number of fused-ring (bicyclic) bond motifs is 6. The number of H-pyrrole nitrogens is 1. The van der Waals surface area contributed by atoms with Gasteiger partial charge in [0.15, 0.2) is 0 Å². The summed E-state index contributed by atoms with van der Waals surface area (Å²) in [7, 11) is 0. The highest BCUT2D eigenvalue weighted by atomic mass is 14.9. The molecule has 0 spiro atoms. The van der Waals surface area contributed by atoms with Gasteiger partial charge in [0.1, 0.15) is 0 Å². The molecular formula is C36H48N4. The lowest BCUT2D eigenvalue weighted by Gasteiger charge is -2.25. The molecule has 0 amide bonds. The molecule has 4 nitrogen and oxygen atoms in total. The summed E-state index contributed by atoms with van der Waals surface area (Å²) in [6, 6.07) is 0. The van der Waals surface area contributed by atoms with Crippen molar-refractivity contribution >= 4 is 23.2 Å². The number of aromatic nitrogens is 1. The van der Waals surface area contributed by atoms with E-state index in [4.69, 9.17) is 15.0 Å². The average molecular weight is 537 g/mol. The van der Waals surface area contributed by atoms with Crippen LogP contribution in [0.1, 0.15) is 123 Å². The first kappa shape index (κ1) is 28.5. The first-order valence-electron chi connectivity index (χ1n) is 15.9. The minimum Gasteiger partial charge on any atom is -0.358 e. The van der Waals surface area contributed by atoms with Crippen molar-refractivity contribution in [2.75, 3.05) is 0 Å². The van der Waals surface area contributed by atoms with E-state index in [0.717, 1.165) is 86.3 Å². The van der Waals surface area contributed by atoms with Crippen molar-refractivity contribution < 1.29 is 0 Å². The molecule has 0 aromatic carbocycles. The Bertz CT molecular complexity index is 1490. The summed E-state index contributed by atoms with van der Waals surface area (Å²) in [5.74, 6) is 0. The molecular weight excluding hydrogens is 488 g/mol. The second-order valence-electron chi connectivity index (χ2n) is 11.6. The third-order valence-electron chi connectivity index (χ3n) is 9.54. The molecule has 1 aromatic heterocycles. The van der Waals surface area contributed by atoms with Crippen molar-refractivity contribution in [2.24, 2.45) is 15.0 Å². The molecule has 8 bridgehead atoms. The van der Waals surface area contributed by atoms with Crippen LogP contribution < -0.4 is 0 Å². The smallest absolute Gasteiger partial charge is 0.0932 e. The molecule has 0 saturated carbocycles. The van der Waals surface area contributed by atoms with Gasteiger partial charge in [-0.1, -0.05) is 55.4 Å². The SMILES string of the molecule is CCC1=C(CC)C2=NC1=CC1=NC(C)(Cc3[nH]c(c(CC)c3CC)C=C3N=C2C(CC)=C3CC)C(CC)=C1CC. The van der Waals surface area contributed by atoms with Gasteiger partial charge in [0.2, 0.25) is 0 Å². The number of allylic oxidation sites excluding steroid dienone is 6. The Balaban J connectivity index is 1.88. The Kier molecular flexibility index (Phi) is 7.92. The normalized spacial score (nSPS) is 22.4. The van der Waals surface area contributed by atoms with Gasteiger partial charge in [-0.2, -0.15) is 0 Å². The van der Waals surface area contributed by atoms with Gasteiger partial charge in [0, 0.05) is 17.8 Å². The van der Waals surface area contributed by atoms with E-state index in [1.807, 2.05) is 0 Å². The summed E-state index contributed by atoms with van der Waals surface area (Å²) in [6.07, 6.45) is 13.4. The summed E-state index contributed by atoms with van der Waals surface area (Å²) < 4.78 is 0. The fourth-order valence-corrected chi connectivity index (χ4v) is 7.80. The maximum atomic E-state index is 5.54. The topological polar surface area (TPSA) is 52.9 Å². The Hall–Kier alpha value is -3.01. The van der Waals surface area contributed by atoms with E-state index < -0.39 is 0 Å². The van der Waals surface area contributed by atoms with Crippen molar-refractivity contribution in [1.82, 2.24) is 4.98 Å². The standard InChI is InChI=1S/C36H48N4/c1-10-21-22(11-2)33-20-36(9)28(17-8)27(16-7)32(40-36)19-31-24(13-4)26(15-6)35(39-31)34-25(14-5)23(12-3)30(38-34)18-29(21)37-33/h18-19,37H,10-17,20H2,1-9H3. The third kappa shape index (κ3) is 4.30. The lowest BCUT2D eigenvalue weighted by Crippen LogP contribution is -2.27. The van der Waals surface area contributed by atoms with Gasteiger partial charge in [-0.25, -0.2) is 9.98 Å². The van der Waals surface area contributed by atoms with Crippen molar-refractivity contribution in [2.45, 2.75) is 126 Å². The highest BCUT2D eigenvalue weighted by Gasteiger charge is 2.39. The van der Waals surface area contributed by atoms with Crippen LogP contribution in [0.15, 0.2) is 65.9 Å². The van der Waals surface area contributed by atoms with E-state index in [0.29, 0.717) is 0 Å². The fourth-order valence-electron chi connectivity index (χ4n) is 7.80. The summed E-state index contributed by atoms with van der Waals surface area (Å²) in [6.45, 7) is 20.6. The zero-order valence-corrected chi connectivity index (χ0v) is 26.4. The quantitative estimate of drug-likeness (QED) is 0.344. The van der Waals surface area contributed by atoms with E-state index in [1.165, 1.54) is 56.0 Å². The molecule has 1 N–H and O–H groups in total. The van der Waals surface area contributed by atoms with Gasteiger partial charge >= 0.3 is 0 Å². The van der Waals surface area contributed by atoms with Gasteiger partial charge < -0.3 is 4.98 Å². The van der Waals surface area contributed by atoms with E-state index in [2.05, 4.69) is 79.4 Å². The van der Waals surface area contributed by atoms with Crippen molar-refractivity contribution in [1.29, 1.82) is 0 Å². The molecule has 4 aliphatic heterocycles. The molecule has 0 saturated heterocycles. The minimum absolute atomic E-state index is 0.256. The zero-order valence-electron chi connectivity index (χ0n) is 26.4. The van der Waals surface area contributed by atoms with Crippen LogP contribution in [0.4, 0.5) is 0 Å².